The summed E-state index contributed by atoms with van der Waals surface area (Å²) >= 11 is 11.7. The fraction of sp³-hybridized carbons (Fsp3) is 0.364. The molecular formula is C11H13Cl2NO2. The number of halogens is 2. The average Bonchev–Trinajstić information content (AvgIpc) is 2.20. The molecule has 0 atom stereocenters. The lowest BCUT2D eigenvalue weighted by molar-refractivity contribution is 0.0698. The lowest BCUT2D eigenvalue weighted by atomic mass is 10.1. The Balaban J connectivity index is 2.99. The van der Waals surface area contributed by atoms with Gasteiger partial charge in [0.25, 0.3) is 0 Å². The number of benzene rings is 1. The van der Waals surface area contributed by atoms with Gasteiger partial charge in [0.05, 0.1) is 16.3 Å². The topological polar surface area (TPSA) is 49.3 Å². The van der Waals surface area contributed by atoms with Crippen LogP contribution in [-0.2, 0) is 0 Å². The van der Waals surface area contributed by atoms with Gasteiger partial charge >= 0.3 is 5.97 Å². The van der Waals surface area contributed by atoms with Crippen LogP contribution in [0.5, 0.6) is 0 Å². The van der Waals surface area contributed by atoms with E-state index in [1.165, 1.54) is 12.1 Å². The van der Waals surface area contributed by atoms with Crippen LogP contribution < -0.4 is 5.32 Å². The predicted octanol–water partition coefficient (Wildman–Crippen LogP) is 3.90. The van der Waals surface area contributed by atoms with Gasteiger partial charge in [-0.25, -0.2) is 4.79 Å². The summed E-state index contributed by atoms with van der Waals surface area (Å²) in [6.07, 6.45) is 1.98. The van der Waals surface area contributed by atoms with E-state index in [-0.39, 0.29) is 5.56 Å². The summed E-state index contributed by atoms with van der Waals surface area (Å²) < 4.78 is 0. The first-order valence-electron chi connectivity index (χ1n) is 5.02. The smallest absolute Gasteiger partial charge is 0.337 e. The van der Waals surface area contributed by atoms with Gasteiger partial charge in [-0.15, -0.1) is 0 Å². The van der Waals surface area contributed by atoms with Crippen molar-refractivity contribution in [3.8, 4) is 0 Å². The Morgan fingerprint density at radius 3 is 2.69 bits per heavy atom. The van der Waals surface area contributed by atoms with E-state index in [0.29, 0.717) is 22.3 Å². The average molecular weight is 262 g/mol. The zero-order valence-electron chi connectivity index (χ0n) is 8.89. The molecule has 0 unspecified atom stereocenters. The van der Waals surface area contributed by atoms with Crippen LogP contribution in [0.25, 0.3) is 0 Å². The lowest BCUT2D eigenvalue weighted by Crippen LogP contribution is -2.08. The number of carboxylic acids is 1. The molecule has 1 aromatic carbocycles. The van der Waals surface area contributed by atoms with Crippen LogP contribution in [0.15, 0.2) is 12.1 Å². The molecule has 0 saturated heterocycles. The molecule has 0 amide bonds. The number of hydrogen-bond acceptors (Lipinski definition) is 2. The number of unbranched alkanes of at least 4 members (excludes halogenated alkanes) is 1. The number of carbonyl (C=O) groups is 1. The highest BCUT2D eigenvalue weighted by molar-refractivity contribution is 6.37. The summed E-state index contributed by atoms with van der Waals surface area (Å²) in [6, 6.07) is 2.92. The van der Waals surface area contributed by atoms with Crippen molar-refractivity contribution in [3.63, 3.8) is 0 Å². The molecular weight excluding hydrogens is 249 g/mol. The van der Waals surface area contributed by atoms with Crippen molar-refractivity contribution in [2.75, 3.05) is 11.9 Å². The minimum absolute atomic E-state index is 0.105. The third-order valence-electron chi connectivity index (χ3n) is 2.12. The van der Waals surface area contributed by atoms with Crippen LogP contribution in [0.2, 0.25) is 10.0 Å². The second-order valence-electron chi connectivity index (χ2n) is 3.40. The molecule has 0 saturated carbocycles. The third kappa shape index (κ3) is 3.29. The third-order valence-corrected chi connectivity index (χ3v) is 2.63. The van der Waals surface area contributed by atoms with Crippen molar-refractivity contribution in [3.05, 3.63) is 27.7 Å². The van der Waals surface area contributed by atoms with E-state index in [1.807, 2.05) is 0 Å². The van der Waals surface area contributed by atoms with Crippen molar-refractivity contribution >= 4 is 34.9 Å². The molecule has 0 spiro atoms. The van der Waals surface area contributed by atoms with Gasteiger partial charge in [0, 0.05) is 11.6 Å². The van der Waals surface area contributed by atoms with Crippen LogP contribution in [-0.4, -0.2) is 17.6 Å². The summed E-state index contributed by atoms with van der Waals surface area (Å²) in [6.45, 7) is 2.75. The van der Waals surface area contributed by atoms with Crippen molar-refractivity contribution in [2.45, 2.75) is 19.8 Å². The molecule has 5 heteroatoms. The highest BCUT2D eigenvalue weighted by atomic mass is 35.5. The Hall–Kier alpha value is -0.930. The summed E-state index contributed by atoms with van der Waals surface area (Å²) in [5, 5.41) is 12.7. The van der Waals surface area contributed by atoms with Gasteiger partial charge in [-0.3, -0.25) is 0 Å². The van der Waals surface area contributed by atoms with Crippen molar-refractivity contribution in [1.82, 2.24) is 0 Å². The number of anilines is 1. The molecule has 0 aliphatic heterocycles. The fourth-order valence-corrected chi connectivity index (χ4v) is 1.87. The summed E-state index contributed by atoms with van der Waals surface area (Å²) in [5.41, 5.74) is 0.542. The van der Waals surface area contributed by atoms with Gasteiger partial charge in [-0.2, -0.15) is 0 Å². The molecule has 0 fully saturated rings. The number of hydrogen-bond donors (Lipinski definition) is 2. The predicted molar refractivity (Wildman–Crippen MR) is 66.8 cm³/mol. The maximum absolute atomic E-state index is 11.0. The monoisotopic (exact) mass is 261 g/mol. The maximum atomic E-state index is 11.0. The van der Waals surface area contributed by atoms with E-state index in [9.17, 15) is 4.79 Å². The summed E-state index contributed by atoms with van der Waals surface area (Å²) in [7, 11) is 0. The molecule has 0 aliphatic carbocycles. The molecule has 1 aromatic rings. The standard InChI is InChI=1S/C11H13Cl2NO2/c1-2-3-4-14-10-8(11(15)16)5-7(12)6-9(10)13/h5-6,14H,2-4H2,1H3,(H,15,16). The van der Waals surface area contributed by atoms with Crippen molar-refractivity contribution in [2.24, 2.45) is 0 Å². The first kappa shape index (κ1) is 13.1. The van der Waals surface area contributed by atoms with Crippen molar-refractivity contribution in [1.29, 1.82) is 0 Å². The largest absolute Gasteiger partial charge is 0.478 e. The van der Waals surface area contributed by atoms with E-state index >= 15 is 0 Å². The zero-order chi connectivity index (χ0) is 12.1. The molecule has 1 rings (SSSR count). The van der Waals surface area contributed by atoms with Crippen molar-refractivity contribution < 1.29 is 9.90 Å². The quantitative estimate of drug-likeness (QED) is 0.791. The Morgan fingerprint density at radius 1 is 1.44 bits per heavy atom. The highest BCUT2D eigenvalue weighted by Crippen LogP contribution is 2.30. The van der Waals surface area contributed by atoms with E-state index < -0.39 is 5.97 Å². The molecule has 0 radical (unpaired) electrons. The van der Waals surface area contributed by atoms with E-state index in [4.69, 9.17) is 28.3 Å². The second-order valence-corrected chi connectivity index (χ2v) is 4.24. The Bertz CT molecular complexity index is 394. The van der Waals surface area contributed by atoms with Crippen LogP contribution >= 0.6 is 23.2 Å². The maximum Gasteiger partial charge on any atom is 0.337 e. The Morgan fingerprint density at radius 2 is 2.12 bits per heavy atom. The fourth-order valence-electron chi connectivity index (χ4n) is 1.31. The number of rotatable bonds is 5. The normalized spacial score (nSPS) is 10.2. The molecule has 0 aliphatic rings. The summed E-state index contributed by atoms with van der Waals surface area (Å²) in [5.74, 6) is -1.04. The van der Waals surface area contributed by atoms with Gasteiger partial charge < -0.3 is 10.4 Å². The molecule has 0 heterocycles. The van der Waals surface area contributed by atoms with Gasteiger partial charge in [0.15, 0.2) is 0 Å². The van der Waals surface area contributed by atoms with Gasteiger partial charge in [-0.05, 0) is 18.6 Å². The van der Waals surface area contributed by atoms with Gasteiger partial charge in [-0.1, -0.05) is 36.5 Å². The van der Waals surface area contributed by atoms with Gasteiger partial charge in [0.2, 0.25) is 0 Å². The SMILES string of the molecule is CCCCNc1c(Cl)cc(Cl)cc1C(=O)O. The molecule has 16 heavy (non-hydrogen) atoms. The van der Waals surface area contributed by atoms with Crippen LogP contribution in [0.1, 0.15) is 30.1 Å². The molecule has 88 valence electrons. The highest BCUT2D eigenvalue weighted by Gasteiger charge is 2.14. The van der Waals surface area contributed by atoms with Crippen LogP contribution in [0, 0.1) is 0 Å². The van der Waals surface area contributed by atoms with E-state index in [1.54, 1.807) is 0 Å². The van der Waals surface area contributed by atoms with E-state index in [2.05, 4.69) is 12.2 Å². The Labute approximate surface area is 104 Å². The molecule has 0 aromatic heterocycles. The minimum atomic E-state index is -1.04. The Kier molecular flexibility index (Phi) is 4.90. The number of aromatic carboxylic acids is 1. The minimum Gasteiger partial charge on any atom is -0.478 e. The first-order valence-corrected chi connectivity index (χ1v) is 5.78. The lowest BCUT2D eigenvalue weighted by Gasteiger charge is -2.11. The molecule has 2 N–H and O–H groups in total. The molecule has 3 nitrogen and oxygen atoms in total. The summed E-state index contributed by atoms with van der Waals surface area (Å²) in [4.78, 5) is 11.0. The van der Waals surface area contributed by atoms with Crippen LogP contribution in [0.4, 0.5) is 5.69 Å². The van der Waals surface area contributed by atoms with Gasteiger partial charge in [0.1, 0.15) is 0 Å². The second kappa shape index (κ2) is 5.97. The number of carboxylic acid groups (broad SMARTS) is 1. The number of nitrogens with one attached hydrogen (secondary N) is 1. The van der Waals surface area contributed by atoms with E-state index in [0.717, 1.165) is 12.8 Å². The zero-order valence-corrected chi connectivity index (χ0v) is 10.4. The van der Waals surface area contributed by atoms with Crippen LogP contribution in [0.3, 0.4) is 0 Å². The first-order chi connectivity index (χ1) is 7.56. The molecule has 0 bridgehead atoms.